The van der Waals surface area contributed by atoms with Gasteiger partial charge in [0.15, 0.2) is 0 Å². The maximum Gasteiger partial charge on any atom is 0.259 e. The van der Waals surface area contributed by atoms with Crippen molar-refractivity contribution in [3.8, 4) is 5.88 Å². The second kappa shape index (κ2) is 7.72. The molecule has 0 fully saturated rings. The van der Waals surface area contributed by atoms with Gasteiger partial charge >= 0.3 is 0 Å². The minimum absolute atomic E-state index is 0.0199. The van der Waals surface area contributed by atoms with Crippen LogP contribution >= 0.6 is 0 Å². The molecule has 0 aliphatic carbocycles. The van der Waals surface area contributed by atoms with E-state index in [1.807, 2.05) is 32.9 Å². The van der Waals surface area contributed by atoms with Gasteiger partial charge in [0.1, 0.15) is 5.56 Å². The number of hydrogen-bond donors (Lipinski definition) is 0. The molecule has 0 bridgehead atoms. The largest absolute Gasteiger partial charge is 0.477 e. The number of carbonyl (C=O) groups excluding carboxylic acids is 1. The van der Waals surface area contributed by atoms with Gasteiger partial charge in [-0.1, -0.05) is 0 Å². The first kappa shape index (κ1) is 16.9. The zero-order valence-electron chi connectivity index (χ0n) is 14.1. The first-order valence-electron chi connectivity index (χ1n) is 7.79. The van der Waals surface area contributed by atoms with E-state index in [2.05, 4.69) is 9.97 Å². The highest BCUT2D eigenvalue weighted by Gasteiger charge is 2.22. The molecular formula is C18H23N3O2. The average Bonchev–Trinajstić information content (AvgIpc) is 2.54. The fraction of sp³-hybridized carbons (Fsp3) is 0.389. The van der Waals surface area contributed by atoms with E-state index in [9.17, 15) is 4.79 Å². The molecule has 0 aromatic carbocycles. The summed E-state index contributed by atoms with van der Waals surface area (Å²) in [6.07, 6.45) is 4.13. The van der Waals surface area contributed by atoms with Crippen molar-refractivity contribution < 1.29 is 9.53 Å². The van der Waals surface area contributed by atoms with E-state index >= 15 is 0 Å². The van der Waals surface area contributed by atoms with Gasteiger partial charge in [-0.3, -0.25) is 9.78 Å². The van der Waals surface area contributed by atoms with Gasteiger partial charge in [0.2, 0.25) is 5.88 Å². The van der Waals surface area contributed by atoms with Crippen LogP contribution in [0.25, 0.3) is 0 Å². The van der Waals surface area contributed by atoms with Crippen LogP contribution in [0.1, 0.15) is 35.5 Å². The van der Waals surface area contributed by atoms with Gasteiger partial charge < -0.3 is 9.64 Å². The third-order valence-corrected chi connectivity index (χ3v) is 3.74. The summed E-state index contributed by atoms with van der Waals surface area (Å²) in [6.45, 7) is 6.40. The molecule has 0 saturated heterocycles. The molecule has 122 valence electrons. The smallest absolute Gasteiger partial charge is 0.259 e. The normalized spacial score (nSPS) is 11.8. The van der Waals surface area contributed by atoms with Crippen molar-refractivity contribution >= 4 is 5.91 Å². The Bertz CT molecular complexity index is 673. The molecule has 5 heteroatoms. The van der Waals surface area contributed by atoms with Crippen molar-refractivity contribution in [1.82, 2.24) is 14.9 Å². The number of hydrogen-bond acceptors (Lipinski definition) is 4. The Morgan fingerprint density at radius 2 is 2.09 bits per heavy atom. The zero-order chi connectivity index (χ0) is 16.8. The molecule has 23 heavy (non-hydrogen) atoms. The lowest BCUT2D eigenvalue weighted by atomic mass is 10.1. The van der Waals surface area contributed by atoms with Crippen molar-refractivity contribution in [2.24, 2.45) is 0 Å². The molecule has 0 N–H and O–H groups in total. The summed E-state index contributed by atoms with van der Waals surface area (Å²) in [5, 5.41) is 0. The van der Waals surface area contributed by atoms with Crippen LogP contribution in [0.2, 0.25) is 0 Å². The summed E-state index contributed by atoms with van der Waals surface area (Å²) in [5.74, 6) is 0.287. The lowest BCUT2D eigenvalue weighted by Gasteiger charge is -2.25. The SMILES string of the molecule is CCOc1ncccc1C(=O)N(C)C(C)Cc1cc(C)ccn1. The first-order valence-corrected chi connectivity index (χ1v) is 7.79. The molecule has 2 aromatic rings. The number of rotatable bonds is 6. The monoisotopic (exact) mass is 313 g/mol. The maximum atomic E-state index is 12.7. The van der Waals surface area contributed by atoms with E-state index in [0.717, 1.165) is 5.69 Å². The van der Waals surface area contributed by atoms with E-state index in [-0.39, 0.29) is 11.9 Å². The molecule has 0 aliphatic heterocycles. The van der Waals surface area contributed by atoms with Gasteiger partial charge in [-0.2, -0.15) is 0 Å². The van der Waals surface area contributed by atoms with Crippen LogP contribution in [-0.2, 0) is 6.42 Å². The quantitative estimate of drug-likeness (QED) is 0.823. The van der Waals surface area contributed by atoms with Crippen molar-refractivity contribution in [3.05, 3.63) is 53.5 Å². The van der Waals surface area contributed by atoms with Crippen LogP contribution in [0.5, 0.6) is 5.88 Å². The predicted octanol–water partition coefficient (Wildman–Crippen LogP) is 2.89. The van der Waals surface area contributed by atoms with Crippen molar-refractivity contribution in [2.75, 3.05) is 13.7 Å². The highest BCUT2D eigenvalue weighted by atomic mass is 16.5. The molecule has 0 aliphatic rings. The number of ether oxygens (including phenoxy) is 1. The Balaban J connectivity index is 2.12. The van der Waals surface area contributed by atoms with E-state index in [1.54, 1.807) is 36.5 Å². The van der Waals surface area contributed by atoms with Gasteiger partial charge in [0.05, 0.1) is 6.61 Å². The molecule has 1 unspecified atom stereocenters. The molecule has 0 radical (unpaired) electrons. The van der Waals surface area contributed by atoms with Gasteiger partial charge in [-0.25, -0.2) is 4.98 Å². The minimum atomic E-state index is -0.0956. The lowest BCUT2D eigenvalue weighted by Crippen LogP contribution is -2.37. The third-order valence-electron chi connectivity index (χ3n) is 3.74. The molecule has 2 heterocycles. The van der Waals surface area contributed by atoms with Gasteiger partial charge in [-0.15, -0.1) is 0 Å². The van der Waals surface area contributed by atoms with Crippen LogP contribution in [0.4, 0.5) is 0 Å². The highest BCUT2D eigenvalue weighted by molar-refractivity contribution is 5.96. The number of carbonyl (C=O) groups is 1. The fourth-order valence-electron chi connectivity index (χ4n) is 2.35. The van der Waals surface area contributed by atoms with Gasteiger partial charge in [0.25, 0.3) is 5.91 Å². The number of pyridine rings is 2. The van der Waals surface area contributed by atoms with E-state index in [0.29, 0.717) is 24.5 Å². The lowest BCUT2D eigenvalue weighted by molar-refractivity contribution is 0.0737. The molecular weight excluding hydrogens is 290 g/mol. The van der Waals surface area contributed by atoms with Crippen molar-refractivity contribution in [1.29, 1.82) is 0 Å². The first-order chi connectivity index (χ1) is 11.0. The molecule has 2 rings (SSSR count). The van der Waals surface area contributed by atoms with E-state index in [4.69, 9.17) is 4.74 Å². The van der Waals surface area contributed by atoms with Crippen LogP contribution in [0.3, 0.4) is 0 Å². The summed E-state index contributed by atoms with van der Waals surface area (Å²) < 4.78 is 5.45. The second-order valence-corrected chi connectivity index (χ2v) is 5.58. The van der Waals surface area contributed by atoms with Crippen LogP contribution in [0, 0.1) is 6.92 Å². The Labute approximate surface area is 137 Å². The maximum absolute atomic E-state index is 12.7. The third kappa shape index (κ3) is 4.28. The molecule has 1 amide bonds. The molecule has 5 nitrogen and oxygen atoms in total. The molecule has 0 spiro atoms. The Hall–Kier alpha value is -2.43. The van der Waals surface area contributed by atoms with Crippen LogP contribution < -0.4 is 4.74 Å². The number of likely N-dealkylation sites (N-methyl/N-ethyl adjacent to an activating group) is 1. The average molecular weight is 313 g/mol. The molecule has 0 saturated carbocycles. The van der Waals surface area contributed by atoms with E-state index in [1.165, 1.54) is 5.56 Å². The van der Waals surface area contributed by atoms with Gasteiger partial charge in [0, 0.05) is 37.6 Å². The minimum Gasteiger partial charge on any atom is -0.477 e. The van der Waals surface area contributed by atoms with Crippen LogP contribution in [0.15, 0.2) is 36.7 Å². The number of nitrogens with zero attached hydrogens (tertiary/aromatic N) is 3. The highest BCUT2D eigenvalue weighted by Crippen LogP contribution is 2.18. The predicted molar refractivity (Wildman–Crippen MR) is 89.6 cm³/mol. The number of amides is 1. The molecule has 2 aromatic heterocycles. The fourth-order valence-corrected chi connectivity index (χ4v) is 2.35. The van der Waals surface area contributed by atoms with Crippen molar-refractivity contribution in [2.45, 2.75) is 33.2 Å². The summed E-state index contributed by atoms with van der Waals surface area (Å²) in [4.78, 5) is 22.9. The second-order valence-electron chi connectivity index (χ2n) is 5.58. The Morgan fingerprint density at radius 1 is 1.30 bits per heavy atom. The Kier molecular flexibility index (Phi) is 5.68. The van der Waals surface area contributed by atoms with Crippen LogP contribution in [-0.4, -0.2) is 40.5 Å². The summed E-state index contributed by atoms with van der Waals surface area (Å²) >= 11 is 0. The van der Waals surface area contributed by atoms with Crippen molar-refractivity contribution in [3.63, 3.8) is 0 Å². The summed E-state index contributed by atoms with van der Waals surface area (Å²) in [5.41, 5.74) is 2.64. The standard InChI is InChI=1S/C18H23N3O2/c1-5-23-17-16(7-6-9-20-17)18(22)21(4)14(3)12-15-11-13(2)8-10-19-15/h6-11,14H,5,12H2,1-4H3. The number of aromatic nitrogens is 2. The zero-order valence-corrected chi connectivity index (χ0v) is 14.1. The van der Waals surface area contributed by atoms with Gasteiger partial charge in [-0.05, 0) is 50.6 Å². The summed E-state index contributed by atoms with van der Waals surface area (Å²) in [6, 6.07) is 7.52. The Morgan fingerprint density at radius 3 is 2.78 bits per heavy atom. The topological polar surface area (TPSA) is 55.3 Å². The van der Waals surface area contributed by atoms with E-state index < -0.39 is 0 Å². The summed E-state index contributed by atoms with van der Waals surface area (Å²) in [7, 11) is 1.80. The number of aryl methyl sites for hydroxylation is 1. The molecule has 1 atom stereocenters.